The Balaban J connectivity index is 2.78. The van der Waals surface area contributed by atoms with Gasteiger partial charge in [-0.2, -0.15) is 0 Å². The first-order valence-corrected chi connectivity index (χ1v) is 4.26. The molecule has 0 fully saturated rings. The van der Waals surface area contributed by atoms with Crippen molar-refractivity contribution in [1.29, 1.82) is 0 Å². The Morgan fingerprint density at radius 1 is 1.36 bits per heavy atom. The first-order valence-electron chi connectivity index (χ1n) is 4.26. The van der Waals surface area contributed by atoms with Gasteiger partial charge in [-0.05, 0) is 24.3 Å². The summed E-state index contributed by atoms with van der Waals surface area (Å²) in [6.45, 7) is 6.61. The van der Waals surface area contributed by atoms with E-state index in [1.54, 1.807) is 0 Å². The molecule has 0 heteroatoms. The summed E-state index contributed by atoms with van der Waals surface area (Å²) < 4.78 is 0. The zero-order valence-corrected chi connectivity index (χ0v) is 7.54. The van der Waals surface area contributed by atoms with Gasteiger partial charge >= 0.3 is 0 Å². The minimum atomic E-state index is 0.677. The van der Waals surface area contributed by atoms with Crippen molar-refractivity contribution < 1.29 is 0 Å². The van der Waals surface area contributed by atoms with E-state index in [4.69, 9.17) is 0 Å². The van der Waals surface area contributed by atoms with Crippen LogP contribution in [0, 0.1) is 11.8 Å². The summed E-state index contributed by atoms with van der Waals surface area (Å²) in [4.78, 5) is 0. The number of hydrogen-bond donors (Lipinski definition) is 0. The van der Waals surface area contributed by atoms with Gasteiger partial charge in [-0.3, -0.25) is 0 Å². The molecule has 11 heavy (non-hydrogen) atoms. The van der Waals surface area contributed by atoms with Crippen LogP contribution in [0.3, 0.4) is 0 Å². The van der Waals surface area contributed by atoms with E-state index < -0.39 is 0 Å². The third-order valence-corrected chi connectivity index (χ3v) is 2.38. The Hall–Kier alpha value is -0.780. The maximum absolute atomic E-state index is 2.28. The lowest BCUT2D eigenvalue weighted by Gasteiger charge is -2.20. The van der Waals surface area contributed by atoms with Gasteiger partial charge in [-0.25, -0.2) is 0 Å². The Labute approximate surface area is 69.3 Å². The molecule has 0 aliphatic heterocycles. The summed E-state index contributed by atoms with van der Waals surface area (Å²) in [5, 5.41) is 0. The zero-order valence-electron chi connectivity index (χ0n) is 7.54. The molecule has 0 bridgehead atoms. The predicted molar refractivity (Wildman–Crippen MR) is 50.4 cm³/mol. The first-order chi connectivity index (χ1) is 5.25. The quantitative estimate of drug-likeness (QED) is 0.535. The van der Waals surface area contributed by atoms with Crippen molar-refractivity contribution in [2.24, 2.45) is 11.8 Å². The van der Waals surface area contributed by atoms with E-state index >= 15 is 0 Å². The molecule has 1 aliphatic rings. The van der Waals surface area contributed by atoms with Crippen molar-refractivity contribution in [3.05, 3.63) is 36.0 Å². The molecule has 0 N–H and O–H groups in total. The summed E-state index contributed by atoms with van der Waals surface area (Å²) in [6, 6.07) is 0. The van der Waals surface area contributed by atoms with Gasteiger partial charge < -0.3 is 0 Å². The highest BCUT2D eigenvalue weighted by molar-refractivity contribution is 5.30. The second kappa shape index (κ2) is 3.56. The fourth-order valence-electron chi connectivity index (χ4n) is 1.36. The van der Waals surface area contributed by atoms with Crippen LogP contribution in [0.1, 0.15) is 20.8 Å². The minimum absolute atomic E-state index is 0.677. The molecular weight excluding hydrogens is 132 g/mol. The lowest BCUT2D eigenvalue weighted by molar-refractivity contribution is 0.532. The molecule has 0 spiro atoms. The van der Waals surface area contributed by atoms with Crippen molar-refractivity contribution in [2.75, 3.05) is 0 Å². The van der Waals surface area contributed by atoms with Crippen LogP contribution in [0.2, 0.25) is 0 Å². The Kier molecular flexibility index (Phi) is 2.70. The van der Waals surface area contributed by atoms with Crippen molar-refractivity contribution in [3.63, 3.8) is 0 Å². The van der Waals surface area contributed by atoms with E-state index in [2.05, 4.69) is 51.2 Å². The lowest BCUT2D eigenvalue weighted by Crippen LogP contribution is -2.09. The van der Waals surface area contributed by atoms with Crippen LogP contribution >= 0.6 is 0 Å². The molecule has 0 aromatic heterocycles. The molecular formula is C11H16. The third-order valence-electron chi connectivity index (χ3n) is 2.38. The van der Waals surface area contributed by atoms with Crippen molar-refractivity contribution in [2.45, 2.75) is 20.8 Å². The smallest absolute Gasteiger partial charge is 0.0130 e. The molecule has 0 aromatic rings. The highest BCUT2D eigenvalue weighted by atomic mass is 14.2. The Morgan fingerprint density at radius 3 is 2.73 bits per heavy atom. The number of rotatable bonds is 1. The molecule has 2 atom stereocenters. The van der Waals surface area contributed by atoms with Crippen LogP contribution in [0.15, 0.2) is 36.0 Å². The molecule has 0 heterocycles. The van der Waals surface area contributed by atoms with E-state index in [0.717, 1.165) is 0 Å². The largest absolute Gasteiger partial charge is 0.0874 e. The monoisotopic (exact) mass is 148 g/mol. The Bertz CT molecular complexity index is 206. The van der Waals surface area contributed by atoms with Crippen LogP contribution in [0.25, 0.3) is 0 Å². The average molecular weight is 148 g/mol. The van der Waals surface area contributed by atoms with Crippen molar-refractivity contribution >= 4 is 0 Å². The predicted octanol–water partition coefficient (Wildman–Crippen LogP) is 3.33. The van der Waals surface area contributed by atoms with Gasteiger partial charge in [0.25, 0.3) is 0 Å². The lowest BCUT2D eigenvalue weighted by atomic mass is 9.85. The van der Waals surface area contributed by atoms with Gasteiger partial charge in [-0.15, -0.1) is 0 Å². The normalized spacial score (nSPS) is 31.0. The maximum Gasteiger partial charge on any atom is -0.0130 e. The standard InChI is InChI=1S/C11H16/c1-4-6-11-8-5-7-9(2)10(11)3/h4-10H,1-3H3/b6-4+. The summed E-state index contributed by atoms with van der Waals surface area (Å²) in [5.74, 6) is 1.36. The van der Waals surface area contributed by atoms with Gasteiger partial charge in [0.1, 0.15) is 0 Å². The average Bonchev–Trinajstić information content (AvgIpc) is 1.99. The second-order valence-electron chi connectivity index (χ2n) is 3.20. The van der Waals surface area contributed by atoms with Crippen LogP contribution in [-0.4, -0.2) is 0 Å². The molecule has 0 nitrogen and oxygen atoms in total. The molecule has 0 aromatic carbocycles. The van der Waals surface area contributed by atoms with Crippen LogP contribution in [0.4, 0.5) is 0 Å². The van der Waals surface area contributed by atoms with Crippen LogP contribution in [0.5, 0.6) is 0 Å². The van der Waals surface area contributed by atoms with Gasteiger partial charge in [0, 0.05) is 0 Å². The minimum Gasteiger partial charge on any atom is -0.0874 e. The second-order valence-corrected chi connectivity index (χ2v) is 3.20. The molecule has 2 unspecified atom stereocenters. The molecule has 1 rings (SSSR count). The van der Waals surface area contributed by atoms with Gasteiger partial charge in [0.2, 0.25) is 0 Å². The van der Waals surface area contributed by atoms with E-state index in [1.807, 2.05) is 0 Å². The number of allylic oxidation sites excluding steroid dienone is 6. The summed E-state index contributed by atoms with van der Waals surface area (Å²) in [7, 11) is 0. The highest BCUT2D eigenvalue weighted by Crippen LogP contribution is 2.25. The Morgan fingerprint density at radius 2 is 2.09 bits per heavy atom. The van der Waals surface area contributed by atoms with E-state index in [-0.39, 0.29) is 0 Å². The summed E-state index contributed by atoms with van der Waals surface area (Å²) in [5.41, 5.74) is 1.45. The highest BCUT2D eigenvalue weighted by Gasteiger charge is 2.13. The first kappa shape index (κ1) is 8.32. The fraction of sp³-hybridized carbons (Fsp3) is 0.455. The topological polar surface area (TPSA) is 0 Å². The summed E-state index contributed by atoms with van der Waals surface area (Å²) >= 11 is 0. The SMILES string of the molecule is C/C=C/C1=CC=CC(C)C1C. The molecule has 0 amide bonds. The van der Waals surface area contributed by atoms with Crippen molar-refractivity contribution in [1.82, 2.24) is 0 Å². The van der Waals surface area contributed by atoms with Gasteiger partial charge in [-0.1, -0.05) is 44.2 Å². The van der Waals surface area contributed by atoms with E-state index in [9.17, 15) is 0 Å². The molecule has 1 aliphatic carbocycles. The molecule has 0 saturated heterocycles. The molecule has 0 saturated carbocycles. The third kappa shape index (κ3) is 1.83. The maximum atomic E-state index is 2.28. The van der Waals surface area contributed by atoms with Gasteiger partial charge in [0.05, 0.1) is 0 Å². The fourth-order valence-corrected chi connectivity index (χ4v) is 1.36. The molecule has 60 valence electrons. The van der Waals surface area contributed by atoms with E-state index in [0.29, 0.717) is 11.8 Å². The zero-order chi connectivity index (χ0) is 8.27. The number of hydrogen-bond acceptors (Lipinski definition) is 0. The van der Waals surface area contributed by atoms with Crippen molar-refractivity contribution in [3.8, 4) is 0 Å². The summed E-state index contributed by atoms with van der Waals surface area (Å²) in [6.07, 6.45) is 10.9. The van der Waals surface area contributed by atoms with Crippen LogP contribution < -0.4 is 0 Å². The molecule has 0 radical (unpaired) electrons. The van der Waals surface area contributed by atoms with Crippen LogP contribution in [-0.2, 0) is 0 Å². The van der Waals surface area contributed by atoms with E-state index in [1.165, 1.54) is 5.57 Å². The van der Waals surface area contributed by atoms with Gasteiger partial charge in [0.15, 0.2) is 0 Å².